The van der Waals surface area contributed by atoms with Crippen LogP contribution in [0.3, 0.4) is 0 Å². The fraction of sp³-hybridized carbons (Fsp3) is 0.188. The molecule has 0 spiro atoms. The van der Waals surface area contributed by atoms with Gasteiger partial charge in [-0.2, -0.15) is 0 Å². The Labute approximate surface area is 116 Å². The highest BCUT2D eigenvalue weighted by Crippen LogP contribution is 2.35. The van der Waals surface area contributed by atoms with Gasteiger partial charge in [-0.3, -0.25) is 0 Å². The number of nitrogens with two attached hydrogens (primary N) is 1. The Morgan fingerprint density at radius 3 is 2.95 bits per heavy atom. The molecule has 3 aromatic rings. The third kappa shape index (κ3) is 1.69. The first-order valence-electron chi connectivity index (χ1n) is 6.77. The number of imidazole rings is 1. The molecule has 1 aromatic heterocycles. The van der Waals surface area contributed by atoms with E-state index in [0.717, 1.165) is 34.6 Å². The van der Waals surface area contributed by atoms with Crippen molar-refractivity contribution in [2.24, 2.45) is 5.73 Å². The molecule has 3 N–H and O–H groups in total. The zero-order valence-corrected chi connectivity index (χ0v) is 11.0. The summed E-state index contributed by atoms with van der Waals surface area (Å²) in [7, 11) is 0. The average molecular weight is 265 g/mol. The lowest BCUT2D eigenvalue weighted by atomic mass is 10.1. The summed E-state index contributed by atoms with van der Waals surface area (Å²) in [6.07, 6.45) is 0.818. The second-order valence-corrected chi connectivity index (χ2v) is 5.06. The second-order valence-electron chi connectivity index (χ2n) is 5.06. The summed E-state index contributed by atoms with van der Waals surface area (Å²) in [6, 6.07) is 14.2. The van der Waals surface area contributed by atoms with Crippen LogP contribution in [0.25, 0.3) is 11.0 Å². The highest BCUT2D eigenvalue weighted by Gasteiger charge is 2.26. The fourth-order valence-corrected chi connectivity index (χ4v) is 2.76. The molecule has 0 fully saturated rings. The topological polar surface area (TPSA) is 63.9 Å². The number of benzene rings is 2. The van der Waals surface area contributed by atoms with Gasteiger partial charge in [-0.15, -0.1) is 0 Å². The van der Waals surface area contributed by atoms with Crippen LogP contribution < -0.4 is 10.5 Å². The number of H-pyrrole nitrogens is 1. The molecule has 0 amide bonds. The van der Waals surface area contributed by atoms with E-state index in [1.54, 1.807) is 0 Å². The SMILES string of the molecule is NCc1cccc2[nH]c(C3Cc4ccccc4O3)nc12. The van der Waals surface area contributed by atoms with Crippen molar-refractivity contribution in [1.29, 1.82) is 0 Å². The van der Waals surface area contributed by atoms with E-state index in [1.807, 2.05) is 36.4 Å². The predicted octanol–water partition coefficient (Wildman–Crippen LogP) is 2.70. The van der Waals surface area contributed by atoms with Crippen molar-refractivity contribution in [1.82, 2.24) is 9.97 Å². The molecule has 0 radical (unpaired) electrons. The minimum Gasteiger partial charge on any atom is -0.482 e. The Balaban J connectivity index is 1.74. The number of aromatic amines is 1. The molecule has 0 saturated carbocycles. The van der Waals surface area contributed by atoms with Gasteiger partial charge in [0.25, 0.3) is 0 Å². The molecule has 1 aliphatic rings. The number of hydrogen-bond donors (Lipinski definition) is 2. The van der Waals surface area contributed by atoms with Crippen LogP contribution in [0, 0.1) is 0 Å². The smallest absolute Gasteiger partial charge is 0.160 e. The molecule has 4 nitrogen and oxygen atoms in total. The van der Waals surface area contributed by atoms with Gasteiger partial charge in [0.15, 0.2) is 6.10 Å². The van der Waals surface area contributed by atoms with Crippen LogP contribution in [0.1, 0.15) is 23.1 Å². The van der Waals surface area contributed by atoms with Gasteiger partial charge < -0.3 is 15.5 Å². The zero-order valence-electron chi connectivity index (χ0n) is 11.0. The predicted molar refractivity (Wildman–Crippen MR) is 77.5 cm³/mol. The number of aromatic nitrogens is 2. The fourth-order valence-electron chi connectivity index (χ4n) is 2.76. The lowest BCUT2D eigenvalue weighted by molar-refractivity contribution is 0.229. The van der Waals surface area contributed by atoms with E-state index in [2.05, 4.69) is 16.0 Å². The molecule has 1 atom stereocenters. The number of nitrogens with zero attached hydrogens (tertiary/aromatic N) is 1. The van der Waals surface area contributed by atoms with E-state index in [9.17, 15) is 0 Å². The number of rotatable bonds is 2. The molecular formula is C16H15N3O. The average Bonchev–Trinajstić information content (AvgIpc) is 3.09. The van der Waals surface area contributed by atoms with Crippen LogP contribution in [0.2, 0.25) is 0 Å². The number of ether oxygens (including phenoxy) is 1. The quantitative estimate of drug-likeness (QED) is 0.748. The number of fused-ring (bicyclic) bond motifs is 2. The molecule has 0 saturated heterocycles. The van der Waals surface area contributed by atoms with Crippen LogP contribution in [0.5, 0.6) is 5.75 Å². The normalized spacial score (nSPS) is 17.1. The van der Waals surface area contributed by atoms with Crippen molar-refractivity contribution in [3.63, 3.8) is 0 Å². The van der Waals surface area contributed by atoms with Gasteiger partial charge in [0, 0.05) is 13.0 Å². The summed E-state index contributed by atoms with van der Waals surface area (Å²) in [5, 5.41) is 0. The molecule has 1 aliphatic heterocycles. The van der Waals surface area contributed by atoms with E-state index in [1.165, 1.54) is 5.56 Å². The van der Waals surface area contributed by atoms with Crippen molar-refractivity contribution in [3.8, 4) is 5.75 Å². The molecule has 0 aliphatic carbocycles. The first-order valence-corrected chi connectivity index (χ1v) is 6.77. The molecule has 4 heteroatoms. The number of nitrogens with one attached hydrogen (secondary N) is 1. The van der Waals surface area contributed by atoms with E-state index < -0.39 is 0 Å². The standard InChI is InChI=1S/C16H15N3O/c17-9-11-5-3-6-12-15(11)19-16(18-12)14-8-10-4-1-2-7-13(10)20-14/h1-7,14H,8-9,17H2,(H,18,19). The lowest BCUT2D eigenvalue weighted by Crippen LogP contribution is -2.05. The van der Waals surface area contributed by atoms with Crippen molar-refractivity contribution < 1.29 is 4.74 Å². The highest BCUT2D eigenvalue weighted by molar-refractivity contribution is 5.78. The van der Waals surface area contributed by atoms with Crippen molar-refractivity contribution >= 4 is 11.0 Å². The minimum atomic E-state index is -0.0366. The summed E-state index contributed by atoms with van der Waals surface area (Å²) >= 11 is 0. The van der Waals surface area contributed by atoms with E-state index in [4.69, 9.17) is 10.5 Å². The van der Waals surface area contributed by atoms with E-state index >= 15 is 0 Å². The minimum absolute atomic E-state index is 0.0366. The summed E-state index contributed by atoms with van der Waals surface area (Å²) in [6.45, 7) is 0.493. The summed E-state index contributed by atoms with van der Waals surface area (Å²) in [4.78, 5) is 8.04. The lowest BCUT2D eigenvalue weighted by Gasteiger charge is -2.06. The van der Waals surface area contributed by atoms with Crippen LogP contribution in [-0.2, 0) is 13.0 Å². The maximum absolute atomic E-state index is 5.97. The van der Waals surface area contributed by atoms with Gasteiger partial charge in [-0.1, -0.05) is 30.3 Å². The summed E-state index contributed by atoms with van der Waals surface area (Å²) < 4.78 is 5.97. The van der Waals surface area contributed by atoms with Gasteiger partial charge >= 0.3 is 0 Å². The Bertz CT molecular complexity index is 753. The van der Waals surface area contributed by atoms with Gasteiger partial charge in [-0.05, 0) is 23.3 Å². The molecule has 2 heterocycles. The van der Waals surface area contributed by atoms with Crippen LogP contribution in [0.4, 0.5) is 0 Å². The van der Waals surface area contributed by atoms with Crippen LogP contribution in [-0.4, -0.2) is 9.97 Å². The number of hydrogen-bond acceptors (Lipinski definition) is 3. The van der Waals surface area contributed by atoms with Crippen molar-refractivity contribution in [3.05, 3.63) is 59.4 Å². The van der Waals surface area contributed by atoms with Gasteiger partial charge in [0.05, 0.1) is 11.0 Å². The molecule has 0 bridgehead atoms. The summed E-state index contributed by atoms with van der Waals surface area (Å²) in [5.41, 5.74) is 10.0. The van der Waals surface area contributed by atoms with E-state index in [0.29, 0.717) is 6.54 Å². The molecule has 100 valence electrons. The highest BCUT2D eigenvalue weighted by atomic mass is 16.5. The van der Waals surface area contributed by atoms with Crippen LogP contribution in [0.15, 0.2) is 42.5 Å². The van der Waals surface area contributed by atoms with Crippen LogP contribution >= 0.6 is 0 Å². The zero-order chi connectivity index (χ0) is 13.5. The Morgan fingerprint density at radius 1 is 1.20 bits per heavy atom. The molecule has 1 unspecified atom stereocenters. The number of para-hydroxylation sites is 2. The Morgan fingerprint density at radius 2 is 2.10 bits per heavy atom. The van der Waals surface area contributed by atoms with Gasteiger partial charge in [0.2, 0.25) is 0 Å². The van der Waals surface area contributed by atoms with Gasteiger partial charge in [-0.25, -0.2) is 4.98 Å². The first-order chi connectivity index (χ1) is 9.85. The van der Waals surface area contributed by atoms with Gasteiger partial charge in [0.1, 0.15) is 11.6 Å². The Hall–Kier alpha value is -2.33. The van der Waals surface area contributed by atoms with Crippen molar-refractivity contribution in [2.75, 3.05) is 0 Å². The molecule has 2 aromatic carbocycles. The third-order valence-electron chi connectivity index (χ3n) is 3.79. The first kappa shape index (κ1) is 11.5. The Kier molecular flexibility index (Phi) is 2.50. The maximum atomic E-state index is 5.97. The van der Waals surface area contributed by atoms with E-state index in [-0.39, 0.29) is 6.10 Å². The van der Waals surface area contributed by atoms with Crippen molar-refractivity contribution in [2.45, 2.75) is 19.1 Å². The monoisotopic (exact) mass is 265 g/mol. The molecular weight excluding hydrogens is 250 g/mol. The maximum Gasteiger partial charge on any atom is 0.160 e. The molecule has 4 rings (SSSR count). The summed E-state index contributed by atoms with van der Waals surface area (Å²) in [5.74, 6) is 1.83. The largest absolute Gasteiger partial charge is 0.482 e. The molecule has 20 heavy (non-hydrogen) atoms. The second kappa shape index (κ2) is 4.35. The third-order valence-corrected chi connectivity index (χ3v) is 3.79.